The van der Waals surface area contributed by atoms with Gasteiger partial charge in [0, 0.05) is 10.1 Å². The van der Waals surface area contributed by atoms with Crippen molar-refractivity contribution >= 4 is 52.7 Å². The lowest BCUT2D eigenvalue weighted by molar-refractivity contribution is 1.38. The van der Waals surface area contributed by atoms with Crippen LogP contribution in [0.5, 0.6) is 0 Å². The molecule has 1 heterocycles. The van der Waals surface area contributed by atoms with Gasteiger partial charge in [0.15, 0.2) is 0 Å². The summed E-state index contributed by atoms with van der Waals surface area (Å²) >= 11 is 1.71. The third kappa shape index (κ3) is 6.40. The fraction of sp³-hybridized carbons (Fsp3) is 0.100. The molecular formula is C50H42BNS. The molecule has 1 aliphatic rings. The van der Waals surface area contributed by atoms with Gasteiger partial charge in [0.2, 0.25) is 6.71 Å². The number of fused-ring (bicyclic) bond motifs is 3. The zero-order chi connectivity index (χ0) is 36.6. The lowest BCUT2D eigenvalue weighted by Gasteiger charge is -2.25. The van der Waals surface area contributed by atoms with E-state index in [0.29, 0.717) is 0 Å². The first-order valence-corrected chi connectivity index (χ1v) is 19.2. The lowest BCUT2D eigenvalue weighted by atomic mass is 9.34. The smallest absolute Gasteiger partial charge is 0.242 e. The van der Waals surface area contributed by atoms with Crippen LogP contribution in [0.25, 0.3) is 55.6 Å². The van der Waals surface area contributed by atoms with Crippen LogP contribution in [0.4, 0.5) is 0 Å². The van der Waals surface area contributed by atoms with Crippen LogP contribution in [-0.2, 0) is 0 Å². The van der Waals surface area contributed by atoms with Crippen LogP contribution in [-0.4, -0.2) is 13.4 Å². The molecule has 53 heavy (non-hydrogen) atoms. The van der Waals surface area contributed by atoms with Crippen LogP contribution in [0.1, 0.15) is 29.2 Å². The summed E-state index contributed by atoms with van der Waals surface area (Å²) in [6.07, 6.45) is 2.16. The number of hydrogen-bond donors (Lipinski definition) is 0. The molecule has 0 unspecified atom stereocenters. The summed E-state index contributed by atoms with van der Waals surface area (Å²) in [5.74, 6) is 0. The van der Waals surface area contributed by atoms with Crippen molar-refractivity contribution in [2.45, 2.75) is 39.5 Å². The second-order valence-electron chi connectivity index (χ2n) is 14.2. The van der Waals surface area contributed by atoms with Crippen molar-refractivity contribution in [2.75, 3.05) is 0 Å². The van der Waals surface area contributed by atoms with E-state index in [0.717, 1.165) is 5.03 Å². The van der Waals surface area contributed by atoms with Crippen LogP contribution in [0.15, 0.2) is 155 Å². The monoisotopic (exact) mass is 699 g/mol. The molecule has 7 aromatic carbocycles. The molecule has 3 heteroatoms. The molecule has 0 saturated heterocycles. The Bertz CT molecular complexity index is 2500. The molecule has 7 aromatic rings. The summed E-state index contributed by atoms with van der Waals surface area (Å²) in [4.78, 5) is 5.64. The van der Waals surface area contributed by atoms with Crippen LogP contribution in [0.2, 0.25) is 0 Å². The molecule has 1 aliphatic heterocycles. The molecule has 0 aromatic heterocycles. The largest absolute Gasteiger partial charge is 0.257 e. The van der Waals surface area contributed by atoms with E-state index >= 15 is 0 Å². The minimum atomic E-state index is 0.0783. The van der Waals surface area contributed by atoms with Gasteiger partial charge in [0.1, 0.15) is 5.03 Å². The molecule has 0 spiro atoms. The quantitative estimate of drug-likeness (QED) is 0.119. The fourth-order valence-corrected chi connectivity index (χ4v) is 9.37. The first-order chi connectivity index (χ1) is 25.8. The molecule has 256 valence electrons. The highest BCUT2D eigenvalue weighted by molar-refractivity contribution is 8.08. The normalized spacial score (nSPS) is 12.3. The number of aliphatic imine (C=N–C) groups is 1. The van der Waals surface area contributed by atoms with Crippen molar-refractivity contribution in [1.29, 1.82) is 0 Å². The third-order valence-corrected chi connectivity index (χ3v) is 11.9. The molecule has 0 saturated carbocycles. The SMILES string of the molecule is C=NC1=c2c(ccc/c2=C/C)-c2cc(-c3ccc(B(c4c(C)cc(-c5ccccc5)cc4C)c4c(C)cc(-c5ccccc5)cc4C)cc3)ccc2S1. The molecule has 1 nitrogen and oxygen atoms in total. The molecule has 0 N–H and O–H groups in total. The predicted octanol–water partition coefficient (Wildman–Crippen LogP) is 9.78. The molecule has 0 fully saturated rings. The second-order valence-corrected chi connectivity index (χ2v) is 15.2. The Morgan fingerprint density at radius 1 is 0.509 bits per heavy atom. The second kappa shape index (κ2) is 14.4. The van der Waals surface area contributed by atoms with E-state index in [1.54, 1.807) is 11.8 Å². The van der Waals surface area contributed by atoms with Gasteiger partial charge in [0.05, 0.1) is 0 Å². The van der Waals surface area contributed by atoms with Crippen LogP contribution in [0.3, 0.4) is 0 Å². The Morgan fingerprint density at radius 3 is 1.53 bits per heavy atom. The van der Waals surface area contributed by atoms with Crippen LogP contribution >= 0.6 is 11.8 Å². The summed E-state index contributed by atoms with van der Waals surface area (Å²) in [6, 6.07) is 53.6. The molecule has 0 amide bonds. The van der Waals surface area contributed by atoms with E-state index in [9.17, 15) is 0 Å². The van der Waals surface area contributed by atoms with Crippen molar-refractivity contribution in [1.82, 2.24) is 0 Å². The maximum absolute atomic E-state index is 4.43. The number of benzene rings is 7. The van der Waals surface area contributed by atoms with Gasteiger partial charge in [-0.3, -0.25) is 4.99 Å². The van der Waals surface area contributed by atoms with Gasteiger partial charge in [-0.05, 0) is 103 Å². The maximum atomic E-state index is 4.43. The molecule has 0 aliphatic carbocycles. The first-order valence-electron chi connectivity index (χ1n) is 18.4. The zero-order valence-electron chi connectivity index (χ0n) is 31.1. The van der Waals surface area contributed by atoms with Crippen LogP contribution in [0, 0.1) is 27.7 Å². The summed E-state index contributed by atoms with van der Waals surface area (Å²) in [6.45, 7) is 15.2. The lowest BCUT2D eigenvalue weighted by Crippen LogP contribution is -2.55. The molecule has 0 radical (unpaired) electrons. The highest BCUT2D eigenvalue weighted by Gasteiger charge is 2.29. The van der Waals surface area contributed by atoms with Crippen molar-refractivity contribution in [3.8, 4) is 44.5 Å². The van der Waals surface area contributed by atoms with Crippen molar-refractivity contribution in [2.24, 2.45) is 4.99 Å². The van der Waals surface area contributed by atoms with Gasteiger partial charge >= 0.3 is 0 Å². The number of rotatable bonds is 7. The third-order valence-electron chi connectivity index (χ3n) is 10.8. The summed E-state index contributed by atoms with van der Waals surface area (Å²) < 4.78 is 0. The molecule has 0 atom stereocenters. The van der Waals surface area contributed by atoms with Gasteiger partial charge in [-0.2, -0.15) is 0 Å². The molecular weight excluding hydrogens is 657 g/mol. The fourth-order valence-electron chi connectivity index (χ4n) is 8.35. The van der Waals surface area contributed by atoms with Gasteiger partial charge in [0.25, 0.3) is 0 Å². The number of nitrogens with zero attached hydrogens (tertiary/aromatic N) is 1. The predicted molar refractivity (Wildman–Crippen MR) is 233 cm³/mol. The average Bonchev–Trinajstić information content (AvgIpc) is 3.19. The van der Waals surface area contributed by atoms with Gasteiger partial charge in [-0.1, -0.05) is 190 Å². The Hall–Kier alpha value is -5.64. The van der Waals surface area contributed by atoms with Crippen molar-refractivity contribution in [3.05, 3.63) is 178 Å². The number of aryl methyl sites for hydroxylation is 4. The van der Waals surface area contributed by atoms with E-state index in [1.165, 1.54) is 98.5 Å². The Labute approximate surface area is 318 Å². The average molecular weight is 700 g/mol. The highest BCUT2D eigenvalue weighted by atomic mass is 32.2. The number of hydrogen-bond acceptors (Lipinski definition) is 2. The standard InChI is InChI=1S/C50H42BNS/c1-7-36-19-14-20-44-45-31-40(23-26-46(45)53-50(52-6)47(36)44)39-21-24-43(25-22-39)51(48-32(2)27-41(28-33(48)3)37-15-10-8-11-16-37)49-34(4)29-42(30-35(49)5)38-17-12-9-13-18-38/h7-31H,6H2,1-5H3/b36-7-. The van der Waals surface area contributed by atoms with E-state index in [4.69, 9.17) is 0 Å². The van der Waals surface area contributed by atoms with Gasteiger partial charge in [-0.15, -0.1) is 0 Å². The Morgan fingerprint density at radius 2 is 1.02 bits per heavy atom. The van der Waals surface area contributed by atoms with Gasteiger partial charge in [-0.25, -0.2) is 0 Å². The van der Waals surface area contributed by atoms with E-state index in [2.05, 4.69) is 198 Å². The van der Waals surface area contributed by atoms with Crippen molar-refractivity contribution in [3.63, 3.8) is 0 Å². The summed E-state index contributed by atoms with van der Waals surface area (Å²) in [5, 5.41) is 3.33. The number of thioether (sulfide) groups is 1. The summed E-state index contributed by atoms with van der Waals surface area (Å²) in [7, 11) is 0. The van der Waals surface area contributed by atoms with Crippen molar-refractivity contribution < 1.29 is 0 Å². The highest BCUT2D eigenvalue weighted by Crippen LogP contribution is 2.41. The first kappa shape index (κ1) is 34.5. The Kier molecular flexibility index (Phi) is 9.37. The van der Waals surface area contributed by atoms with E-state index in [1.807, 2.05) is 0 Å². The molecule has 0 bridgehead atoms. The maximum Gasteiger partial charge on any atom is 0.242 e. The molecule has 8 rings (SSSR count). The summed E-state index contributed by atoms with van der Waals surface area (Å²) in [5.41, 5.74) is 19.2. The van der Waals surface area contributed by atoms with Crippen LogP contribution < -0.4 is 26.8 Å². The van der Waals surface area contributed by atoms with E-state index < -0.39 is 0 Å². The van der Waals surface area contributed by atoms with Gasteiger partial charge < -0.3 is 0 Å². The van der Waals surface area contributed by atoms with E-state index in [-0.39, 0.29) is 6.71 Å². The zero-order valence-corrected chi connectivity index (χ0v) is 31.9. The minimum absolute atomic E-state index is 0.0783. The Balaban J connectivity index is 1.25. The topological polar surface area (TPSA) is 12.4 Å². The minimum Gasteiger partial charge on any atom is -0.257 e.